The van der Waals surface area contributed by atoms with Gasteiger partial charge in [0.05, 0.1) is 18.8 Å². The Labute approximate surface area is 111 Å². The molecule has 1 aromatic heterocycles. The van der Waals surface area contributed by atoms with Crippen molar-refractivity contribution in [2.24, 2.45) is 0 Å². The Morgan fingerprint density at radius 2 is 2.11 bits per heavy atom. The molecule has 3 rings (SSSR count). The molecule has 19 heavy (non-hydrogen) atoms. The molecular weight excluding hydrogens is 242 g/mol. The van der Waals surface area contributed by atoms with Gasteiger partial charge in [-0.25, -0.2) is 4.79 Å². The van der Waals surface area contributed by atoms with Crippen LogP contribution in [0.15, 0.2) is 36.5 Å². The van der Waals surface area contributed by atoms with Crippen LogP contribution in [0.1, 0.15) is 16.8 Å². The lowest BCUT2D eigenvalue weighted by molar-refractivity contribution is 0.140. The quantitative estimate of drug-likeness (QED) is 0.894. The molecule has 2 heterocycles. The zero-order chi connectivity index (χ0) is 13.2. The molecule has 2 aromatic rings. The summed E-state index contributed by atoms with van der Waals surface area (Å²) in [5.41, 5.74) is 3.23. The molecule has 1 aliphatic rings. The van der Waals surface area contributed by atoms with Crippen LogP contribution in [0.25, 0.3) is 0 Å². The number of nitrogens with zero attached hydrogens (tertiary/aromatic N) is 3. The van der Waals surface area contributed by atoms with Crippen LogP contribution < -0.4 is 0 Å². The first-order valence-corrected chi connectivity index (χ1v) is 6.29. The van der Waals surface area contributed by atoms with Crippen molar-refractivity contribution in [1.29, 1.82) is 0 Å². The van der Waals surface area contributed by atoms with Gasteiger partial charge in [-0.2, -0.15) is 5.10 Å². The lowest BCUT2D eigenvalue weighted by atomic mass is 10.1. The third-order valence-corrected chi connectivity index (χ3v) is 3.36. The molecule has 5 nitrogen and oxygen atoms in total. The highest BCUT2D eigenvalue weighted by molar-refractivity contribution is 5.65. The molecule has 1 amide bonds. The van der Waals surface area contributed by atoms with Crippen molar-refractivity contribution in [1.82, 2.24) is 14.7 Å². The topological polar surface area (TPSA) is 58.4 Å². The van der Waals surface area contributed by atoms with Gasteiger partial charge < -0.3 is 10.0 Å². The Hall–Kier alpha value is -2.30. The molecule has 0 radical (unpaired) electrons. The predicted molar refractivity (Wildman–Crippen MR) is 69.9 cm³/mol. The number of benzene rings is 1. The number of carbonyl (C=O) groups is 1. The molecule has 5 heteroatoms. The van der Waals surface area contributed by atoms with Gasteiger partial charge in [0.15, 0.2) is 0 Å². The van der Waals surface area contributed by atoms with Crippen molar-refractivity contribution in [3.63, 3.8) is 0 Å². The van der Waals surface area contributed by atoms with Crippen LogP contribution in [0, 0.1) is 0 Å². The SMILES string of the molecule is O=C(O)N1CCc2nn(Cc3ccccc3)cc2C1. The molecule has 0 spiro atoms. The van der Waals surface area contributed by atoms with Gasteiger partial charge in [0.2, 0.25) is 0 Å². The fourth-order valence-corrected chi connectivity index (χ4v) is 2.39. The second-order valence-corrected chi connectivity index (χ2v) is 4.74. The van der Waals surface area contributed by atoms with E-state index in [1.165, 1.54) is 10.5 Å². The number of fused-ring (bicyclic) bond motifs is 1. The smallest absolute Gasteiger partial charge is 0.407 e. The van der Waals surface area contributed by atoms with Crippen molar-refractivity contribution in [2.45, 2.75) is 19.5 Å². The maximum atomic E-state index is 11.0. The lowest BCUT2D eigenvalue weighted by Crippen LogP contribution is -2.34. The summed E-state index contributed by atoms with van der Waals surface area (Å²) in [6.07, 6.45) is 1.79. The van der Waals surface area contributed by atoms with Crippen molar-refractivity contribution in [2.75, 3.05) is 6.54 Å². The van der Waals surface area contributed by atoms with Crippen molar-refractivity contribution in [3.05, 3.63) is 53.3 Å². The third kappa shape index (κ3) is 2.45. The van der Waals surface area contributed by atoms with E-state index in [-0.39, 0.29) is 0 Å². The standard InChI is InChI=1S/C14H15N3O2/c18-14(19)16-7-6-13-12(9-16)10-17(15-13)8-11-4-2-1-3-5-11/h1-5,10H,6-9H2,(H,18,19). The molecular formula is C14H15N3O2. The first-order chi connectivity index (χ1) is 9.22. The number of hydrogen-bond donors (Lipinski definition) is 1. The molecule has 1 aromatic carbocycles. The van der Waals surface area contributed by atoms with Crippen molar-refractivity contribution >= 4 is 6.09 Å². The Morgan fingerprint density at radius 1 is 1.32 bits per heavy atom. The Balaban J connectivity index is 1.78. The first kappa shape index (κ1) is 11.8. The fraction of sp³-hybridized carbons (Fsp3) is 0.286. The maximum absolute atomic E-state index is 11.0. The zero-order valence-electron chi connectivity index (χ0n) is 10.5. The van der Waals surface area contributed by atoms with Gasteiger partial charge in [-0.15, -0.1) is 0 Å². The van der Waals surface area contributed by atoms with E-state index in [1.807, 2.05) is 29.1 Å². The Bertz CT molecular complexity index is 592. The second kappa shape index (κ2) is 4.76. The van der Waals surface area contributed by atoms with Gasteiger partial charge in [0.1, 0.15) is 0 Å². The van der Waals surface area contributed by atoms with Crippen LogP contribution in [-0.4, -0.2) is 32.4 Å². The summed E-state index contributed by atoms with van der Waals surface area (Å²) >= 11 is 0. The molecule has 0 unspecified atom stereocenters. The molecule has 0 saturated heterocycles. The summed E-state index contributed by atoms with van der Waals surface area (Å²) in [6, 6.07) is 10.1. The summed E-state index contributed by atoms with van der Waals surface area (Å²) < 4.78 is 1.89. The number of hydrogen-bond acceptors (Lipinski definition) is 2. The minimum Gasteiger partial charge on any atom is -0.465 e. The van der Waals surface area contributed by atoms with E-state index in [2.05, 4.69) is 17.2 Å². The number of rotatable bonds is 2. The van der Waals surface area contributed by atoms with Gasteiger partial charge in [0, 0.05) is 24.7 Å². The first-order valence-electron chi connectivity index (χ1n) is 6.29. The predicted octanol–water partition coefficient (Wildman–Crippen LogP) is 1.97. The highest BCUT2D eigenvalue weighted by Crippen LogP contribution is 2.18. The molecule has 0 fully saturated rings. The lowest BCUT2D eigenvalue weighted by Gasteiger charge is -2.22. The third-order valence-electron chi connectivity index (χ3n) is 3.36. The van der Waals surface area contributed by atoms with Crippen LogP contribution in [0.5, 0.6) is 0 Å². The van der Waals surface area contributed by atoms with Crippen LogP contribution in [0.3, 0.4) is 0 Å². The highest BCUT2D eigenvalue weighted by atomic mass is 16.4. The van der Waals surface area contributed by atoms with Crippen LogP contribution in [-0.2, 0) is 19.5 Å². The van der Waals surface area contributed by atoms with Crippen molar-refractivity contribution < 1.29 is 9.90 Å². The van der Waals surface area contributed by atoms with Gasteiger partial charge in [0.25, 0.3) is 0 Å². The normalized spacial score (nSPS) is 14.2. The molecule has 0 bridgehead atoms. The minimum absolute atomic E-state index is 0.444. The Kier molecular flexibility index (Phi) is 2.95. The summed E-state index contributed by atoms with van der Waals surface area (Å²) in [6.45, 7) is 1.70. The van der Waals surface area contributed by atoms with E-state index in [0.717, 1.165) is 17.8 Å². The number of carboxylic acid groups (broad SMARTS) is 1. The van der Waals surface area contributed by atoms with E-state index in [9.17, 15) is 4.79 Å². The summed E-state index contributed by atoms with van der Waals surface area (Å²) in [7, 11) is 0. The van der Waals surface area contributed by atoms with Crippen LogP contribution >= 0.6 is 0 Å². The maximum Gasteiger partial charge on any atom is 0.407 e. The second-order valence-electron chi connectivity index (χ2n) is 4.74. The summed E-state index contributed by atoms with van der Waals surface area (Å²) in [5.74, 6) is 0. The fourth-order valence-electron chi connectivity index (χ4n) is 2.39. The molecule has 0 aliphatic carbocycles. The van der Waals surface area contributed by atoms with E-state index < -0.39 is 6.09 Å². The molecule has 1 aliphatic heterocycles. The van der Waals surface area contributed by atoms with Gasteiger partial charge >= 0.3 is 6.09 Å². The number of amides is 1. The molecule has 1 N–H and O–H groups in total. The molecule has 98 valence electrons. The number of aromatic nitrogens is 2. The van der Waals surface area contributed by atoms with E-state index in [4.69, 9.17) is 5.11 Å². The van der Waals surface area contributed by atoms with E-state index in [1.54, 1.807) is 0 Å². The summed E-state index contributed by atoms with van der Waals surface area (Å²) in [5, 5.41) is 13.5. The summed E-state index contributed by atoms with van der Waals surface area (Å²) in [4.78, 5) is 12.4. The largest absolute Gasteiger partial charge is 0.465 e. The Morgan fingerprint density at radius 3 is 2.84 bits per heavy atom. The highest BCUT2D eigenvalue weighted by Gasteiger charge is 2.22. The molecule has 0 atom stereocenters. The van der Waals surface area contributed by atoms with Crippen molar-refractivity contribution in [3.8, 4) is 0 Å². The average Bonchev–Trinajstić information content (AvgIpc) is 2.80. The monoisotopic (exact) mass is 257 g/mol. The molecule has 0 saturated carbocycles. The average molecular weight is 257 g/mol. The van der Waals surface area contributed by atoms with E-state index in [0.29, 0.717) is 19.5 Å². The van der Waals surface area contributed by atoms with Crippen LogP contribution in [0.4, 0.5) is 4.79 Å². The zero-order valence-corrected chi connectivity index (χ0v) is 10.5. The van der Waals surface area contributed by atoms with Gasteiger partial charge in [-0.05, 0) is 5.56 Å². The van der Waals surface area contributed by atoms with Gasteiger partial charge in [-0.1, -0.05) is 30.3 Å². The van der Waals surface area contributed by atoms with Crippen LogP contribution in [0.2, 0.25) is 0 Å². The van der Waals surface area contributed by atoms with Gasteiger partial charge in [-0.3, -0.25) is 4.68 Å². The van der Waals surface area contributed by atoms with E-state index >= 15 is 0 Å². The minimum atomic E-state index is -0.860.